The van der Waals surface area contributed by atoms with E-state index < -0.39 is 0 Å². The van der Waals surface area contributed by atoms with Gasteiger partial charge in [0.2, 0.25) is 5.95 Å². The zero-order valence-corrected chi connectivity index (χ0v) is 9.79. The van der Waals surface area contributed by atoms with E-state index in [1.807, 2.05) is 43.5 Å². The highest BCUT2D eigenvalue weighted by atomic mass is 16.5. The lowest BCUT2D eigenvalue weighted by Crippen LogP contribution is -1.98. The average molecular weight is 230 g/mol. The maximum Gasteiger partial charge on any atom is 0.221 e. The minimum atomic E-state index is 0.402. The number of nitrogens with zero attached hydrogens (tertiary/aromatic N) is 3. The number of ether oxygens (including phenoxy) is 1. The van der Waals surface area contributed by atoms with E-state index in [1.54, 1.807) is 11.7 Å². The number of rotatable bonds is 3. The van der Waals surface area contributed by atoms with Gasteiger partial charge in [0.05, 0.1) is 7.11 Å². The minimum absolute atomic E-state index is 0.402. The van der Waals surface area contributed by atoms with E-state index in [0.29, 0.717) is 5.95 Å². The van der Waals surface area contributed by atoms with Crippen molar-refractivity contribution in [3.8, 4) is 5.75 Å². The molecule has 0 bridgehead atoms. The molecule has 0 aliphatic carbocycles. The van der Waals surface area contributed by atoms with Gasteiger partial charge in [0.1, 0.15) is 5.75 Å². The number of hydrogen-bond donors (Lipinski definition) is 1. The monoisotopic (exact) mass is 230 g/mol. The number of benzene rings is 1. The van der Waals surface area contributed by atoms with Gasteiger partial charge >= 0.3 is 0 Å². The summed E-state index contributed by atoms with van der Waals surface area (Å²) < 4.78 is 6.81. The smallest absolute Gasteiger partial charge is 0.221 e. The third kappa shape index (κ3) is 2.44. The van der Waals surface area contributed by atoms with Crippen LogP contribution in [0.1, 0.15) is 11.4 Å². The first-order valence-corrected chi connectivity index (χ1v) is 5.17. The normalized spacial score (nSPS) is 10.9. The van der Waals surface area contributed by atoms with Crippen LogP contribution in [0, 0.1) is 0 Å². The fraction of sp³-hybridized carbons (Fsp3) is 0.167. The van der Waals surface area contributed by atoms with E-state index >= 15 is 0 Å². The van der Waals surface area contributed by atoms with E-state index in [1.165, 1.54) is 0 Å². The maximum atomic E-state index is 5.59. The molecule has 0 saturated heterocycles. The summed E-state index contributed by atoms with van der Waals surface area (Å²) in [5.74, 6) is 1.96. The zero-order valence-electron chi connectivity index (χ0n) is 9.79. The van der Waals surface area contributed by atoms with Crippen LogP contribution >= 0.6 is 0 Å². The molecule has 0 spiro atoms. The summed E-state index contributed by atoms with van der Waals surface area (Å²) in [6.07, 6.45) is 3.81. The van der Waals surface area contributed by atoms with Crippen LogP contribution in [0.25, 0.3) is 12.2 Å². The molecule has 2 rings (SSSR count). The Hall–Kier alpha value is -2.30. The van der Waals surface area contributed by atoms with Crippen molar-refractivity contribution in [1.29, 1.82) is 0 Å². The Bertz CT molecular complexity index is 528. The van der Waals surface area contributed by atoms with Crippen molar-refractivity contribution in [2.24, 2.45) is 7.05 Å². The Morgan fingerprint density at radius 1 is 1.18 bits per heavy atom. The Balaban J connectivity index is 2.17. The highest BCUT2D eigenvalue weighted by Gasteiger charge is 2.00. The minimum Gasteiger partial charge on any atom is -0.497 e. The van der Waals surface area contributed by atoms with E-state index in [-0.39, 0.29) is 0 Å². The average Bonchev–Trinajstić information content (AvgIpc) is 2.68. The van der Waals surface area contributed by atoms with Crippen molar-refractivity contribution in [3.05, 3.63) is 35.7 Å². The number of nitrogen functional groups attached to an aromatic ring is 1. The molecule has 1 aromatic carbocycles. The van der Waals surface area contributed by atoms with Crippen LogP contribution in [0.2, 0.25) is 0 Å². The van der Waals surface area contributed by atoms with Crippen molar-refractivity contribution < 1.29 is 4.74 Å². The SMILES string of the molecule is COc1ccc(/C=C/c2nnc(N)n2C)cc1. The van der Waals surface area contributed by atoms with E-state index in [2.05, 4.69) is 10.2 Å². The van der Waals surface area contributed by atoms with Gasteiger partial charge in [-0.3, -0.25) is 4.57 Å². The summed E-state index contributed by atoms with van der Waals surface area (Å²) >= 11 is 0. The molecule has 2 N–H and O–H groups in total. The van der Waals surface area contributed by atoms with Crippen LogP contribution in [-0.2, 0) is 7.05 Å². The number of aromatic nitrogens is 3. The molecule has 0 unspecified atom stereocenters. The van der Waals surface area contributed by atoms with Crippen LogP contribution in [0.4, 0.5) is 5.95 Å². The molecule has 0 aliphatic heterocycles. The van der Waals surface area contributed by atoms with Gasteiger partial charge in [-0.25, -0.2) is 0 Å². The number of methoxy groups -OCH3 is 1. The Morgan fingerprint density at radius 3 is 2.41 bits per heavy atom. The molecule has 0 aliphatic rings. The van der Waals surface area contributed by atoms with Crippen LogP contribution in [0.5, 0.6) is 5.75 Å². The van der Waals surface area contributed by atoms with Crippen molar-refractivity contribution in [3.63, 3.8) is 0 Å². The molecular formula is C12H14N4O. The molecule has 17 heavy (non-hydrogen) atoms. The van der Waals surface area contributed by atoms with E-state index in [0.717, 1.165) is 17.1 Å². The first kappa shape index (κ1) is 11.2. The number of hydrogen-bond acceptors (Lipinski definition) is 4. The highest BCUT2D eigenvalue weighted by molar-refractivity contribution is 5.67. The fourth-order valence-corrected chi connectivity index (χ4v) is 1.38. The Labute approximate surface area is 99.5 Å². The first-order valence-electron chi connectivity index (χ1n) is 5.17. The van der Waals surface area contributed by atoms with E-state index in [9.17, 15) is 0 Å². The van der Waals surface area contributed by atoms with Gasteiger partial charge in [0.25, 0.3) is 0 Å². The topological polar surface area (TPSA) is 66.0 Å². The van der Waals surface area contributed by atoms with Crippen LogP contribution in [0.3, 0.4) is 0 Å². The maximum absolute atomic E-state index is 5.59. The van der Waals surface area contributed by atoms with Crippen molar-refractivity contribution in [1.82, 2.24) is 14.8 Å². The molecule has 1 heterocycles. The van der Waals surface area contributed by atoms with Gasteiger partial charge in [0.15, 0.2) is 5.82 Å². The van der Waals surface area contributed by atoms with Gasteiger partial charge in [-0.1, -0.05) is 18.2 Å². The van der Waals surface area contributed by atoms with Gasteiger partial charge in [-0.15, -0.1) is 10.2 Å². The van der Waals surface area contributed by atoms with E-state index in [4.69, 9.17) is 10.5 Å². The molecule has 88 valence electrons. The van der Waals surface area contributed by atoms with Gasteiger partial charge in [0, 0.05) is 7.05 Å². The number of nitrogens with two attached hydrogens (primary N) is 1. The van der Waals surface area contributed by atoms with Crippen LogP contribution < -0.4 is 10.5 Å². The molecular weight excluding hydrogens is 216 g/mol. The molecule has 0 fully saturated rings. The van der Waals surface area contributed by atoms with Gasteiger partial charge in [-0.2, -0.15) is 0 Å². The molecule has 0 atom stereocenters. The second kappa shape index (κ2) is 4.69. The van der Waals surface area contributed by atoms with Crippen molar-refractivity contribution in [2.75, 3.05) is 12.8 Å². The number of anilines is 1. The second-order valence-electron chi connectivity index (χ2n) is 3.58. The quantitative estimate of drug-likeness (QED) is 0.869. The third-order valence-electron chi connectivity index (χ3n) is 2.48. The molecule has 0 radical (unpaired) electrons. The predicted molar refractivity (Wildman–Crippen MR) is 67.3 cm³/mol. The standard InChI is InChI=1S/C12H14N4O/c1-16-11(14-15-12(16)13)8-5-9-3-6-10(17-2)7-4-9/h3-8H,1-2H3,(H2,13,15)/b8-5+. The molecule has 1 aromatic heterocycles. The highest BCUT2D eigenvalue weighted by Crippen LogP contribution is 2.13. The van der Waals surface area contributed by atoms with Gasteiger partial charge in [-0.05, 0) is 23.8 Å². The lowest BCUT2D eigenvalue weighted by atomic mass is 10.2. The predicted octanol–water partition coefficient (Wildman–Crippen LogP) is 1.58. The second-order valence-corrected chi connectivity index (χ2v) is 3.58. The summed E-state index contributed by atoms with van der Waals surface area (Å²) in [5, 5.41) is 7.72. The Kier molecular flexibility index (Phi) is 3.09. The molecule has 2 aromatic rings. The fourth-order valence-electron chi connectivity index (χ4n) is 1.38. The molecule has 5 nitrogen and oxygen atoms in total. The summed E-state index contributed by atoms with van der Waals surface area (Å²) in [5.41, 5.74) is 6.65. The molecule has 5 heteroatoms. The van der Waals surface area contributed by atoms with Gasteiger partial charge < -0.3 is 10.5 Å². The Morgan fingerprint density at radius 2 is 1.88 bits per heavy atom. The van der Waals surface area contributed by atoms with Crippen molar-refractivity contribution in [2.45, 2.75) is 0 Å². The summed E-state index contributed by atoms with van der Waals surface area (Å²) in [4.78, 5) is 0. The summed E-state index contributed by atoms with van der Waals surface area (Å²) in [6.45, 7) is 0. The molecule has 0 saturated carbocycles. The van der Waals surface area contributed by atoms with Crippen LogP contribution in [0.15, 0.2) is 24.3 Å². The lowest BCUT2D eigenvalue weighted by molar-refractivity contribution is 0.415. The van der Waals surface area contributed by atoms with Crippen LogP contribution in [-0.4, -0.2) is 21.9 Å². The lowest BCUT2D eigenvalue weighted by Gasteiger charge is -1.99. The first-order chi connectivity index (χ1) is 8.20. The zero-order chi connectivity index (χ0) is 12.3. The summed E-state index contributed by atoms with van der Waals surface area (Å²) in [7, 11) is 3.47. The third-order valence-corrected chi connectivity index (χ3v) is 2.48. The largest absolute Gasteiger partial charge is 0.497 e. The summed E-state index contributed by atoms with van der Waals surface area (Å²) in [6, 6.07) is 7.75. The molecule has 0 amide bonds. The van der Waals surface area contributed by atoms with Crippen molar-refractivity contribution >= 4 is 18.1 Å².